The third-order valence-electron chi connectivity index (χ3n) is 3.16. The smallest absolute Gasteiger partial charge is 0.251 e. The van der Waals surface area contributed by atoms with Gasteiger partial charge in [0.15, 0.2) is 11.5 Å². The van der Waals surface area contributed by atoms with E-state index in [0.717, 1.165) is 5.75 Å². The summed E-state index contributed by atoms with van der Waals surface area (Å²) in [6, 6.07) is 14.2. The summed E-state index contributed by atoms with van der Waals surface area (Å²) >= 11 is 5.79. The van der Waals surface area contributed by atoms with Crippen molar-refractivity contribution in [2.75, 3.05) is 13.2 Å². The van der Waals surface area contributed by atoms with Crippen LogP contribution in [0.4, 0.5) is 0 Å². The summed E-state index contributed by atoms with van der Waals surface area (Å²) < 4.78 is 11.4. The minimum atomic E-state index is -0.198. The number of para-hydroxylation sites is 2. The topological polar surface area (TPSA) is 47.6 Å². The van der Waals surface area contributed by atoms with Crippen LogP contribution >= 0.6 is 11.6 Å². The number of rotatable bonds is 3. The van der Waals surface area contributed by atoms with Crippen LogP contribution in [-0.2, 0) is 0 Å². The van der Waals surface area contributed by atoms with Gasteiger partial charge in [0.1, 0.15) is 12.7 Å². The quantitative estimate of drug-likeness (QED) is 0.948. The Morgan fingerprint density at radius 1 is 1.14 bits per heavy atom. The molecule has 1 N–H and O–H groups in total. The average Bonchev–Trinajstić information content (AvgIpc) is 2.53. The highest BCUT2D eigenvalue weighted by Crippen LogP contribution is 2.30. The maximum absolute atomic E-state index is 12.0. The van der Waals surface area contributed by atoms with Gasteiger partial charge < -0.3 is 14.8 Å². The van der Waals surface area contributed by atoms with Gasteiger partial charge in [0.2, 0.25) is 0 Å². The van der Waals surface area contributed by atoms with E-state index in [4.69, 9.17) is 21.1 Å². The van der Waals surface area contributed by atoms with Crippen molar-refractivity contribution in [3.05, 3.63) is 59.1 Å². The van der Waals surface area contributed by atoms with Crippen LogP contribution in [0.5, 0.6) is 11.5 Å². The SMILES string of the molecule is O=C(NC[C@@H]1COc2ccccc2O1)c1ccc(Cl)cc1. The van der Waals surface area contributed by atoms with E-state index >= 15 is 0 Å². The van der Waals surface area contributed by atoms with E-state index in [1.165, 1.54) is 0 Å². The van der Waals surface area contributed by atoms with Gasteiger partial charge in [0, 0.05) is 10.6 Å². The van der Waals surface area contributed by atoms with Gasteiger partial charge in [-0.05, 0) is 36.4 Å². The van der Waals surface area contributed by atoms with Crippen LogP contribution in [0.2, 0.25) is 5.02 Å². The lowest BCUT2D eigenvalue weighted by molar-refractivity contribution is 0.0789. The summed E-state index contributed by atoms with van der Waals surface area (Å²) in [5, 5.41) is 3.44. The molecule has 0 spiro atoms. The molecule has 0 saturated carbocycles. The maximum Gasteiger partial charge on any atom is 0.251 e. The molecule has 0 saturated heterocycles. The molecule has 0 radical (unpaired) electrons. The Morgan fingerprint density at radius 2 is 1.86 bits per heavy atom. The molecule has 0 bridgehead atoms. The van der Waals surface area contributed by atoms with Crippen LogP contribution in [0.25, 0.3) is 0 Å². The van der Waals surface area contributed by atoms with E-state index in [0.29, 0.717) is 29.5 Å². The highest BCUT2D eigenvalue weighted by molar-refractivity contribution is 6.30. The first-order valence-corrected chi connectivity index (χ1v) is 7.02. The van der Waals surface area contributed by atoms with Gasteiger partial charge in [0.25, 0.3) is 5.91 Å². The second-order valence-electron chi connectivity index (χ2n) is 4.71. The lowest BCUT2D eigenvalue weighted by Crippen LogP contribution is -2.40. The largest absolute Gasteiger partial charge is 0.486 e. The van der Waals surface area contributed by atoms with Gasteiger partial charge in [-0.15, -0.1) is 0 Å². The van der Waals surface area contributed by atoms with E-state index in [9.17, 15) is 4.79 Å². The molecule has 1 atom stereocenters. The van der Waals surface area contributed by atoms with Crippen molar-refractivity contribution in [3.63, 3.8) is 0 Å². The number of nitrogens with one attached hydrogen (secondary N) is 1. The third-order valence-corrected chi connectivity index (χ3v) is 3.42. The molecule has 2 aromatic rings. The molecule has 1 heterocycles. The molecular weight excluding hydrogens is 290 g/mol. The summed E-state index contributed by atoms with van der Waals surface area (Å²) in [6.07, 6.45) is -0.198. The van der Waals surface area contributed by atoms with Crippen LogP contribution in [0.15, 0.2) is 48.5 Å². The first-order chi connectivity index (χ1) is 10.2. The lowest BCUT2D eigenvalue weighted by Gasteiger charge is -2.26. The predicted molar refractivity (Wildman–Crippen MR) is 80.1 cm³/mol. The Balaban J connectivity index is 1.56. The van der Waals surface area contributed by atoms with Gasteiger partial charge in [-0.2, -0.15) is 0 Å². The number of hydrogen-bond acceptors (Lipinski definition) is 3. The first-order valence-electron chi connectivity index (χ1n) is 6.64. The molecule has 1 aliphatic rings. The van der Waals surface area contributed by atoms with Crippen LogP contribution in [0.1, 0.15) is 10.4 Å². The normalized spacial score (nSPS) is 16.3. The van der Waals surface area contributed by atoms with Crippen LogP contribution in [-0.4, -0.2) is 25.2 Å². The molecule has 1 amide bonds. The van der Waals surface area contributed by atoms with Crippen molar-refractivity contribution >= 4 is 17.5 Å². The molecule has 1 aliphatic heterocycles. The van der Waals surface area contributed by atoms with Crippen molar-refractivity contribution in [3.8, 4) is 11.5 Å². The number of amides is 1. The maximum atomic E-state index is 12.0. The highest BCUT2D eigenvalue weighted by Gasteiger charge is 2.21. The van der Waals surface area contributed by atoms with E-state index < -0.39 is 0 Å². The highest BCUT2D eigenvalue weighted by atomic mass is 35.5. The Morgan fingerprint density at radius 3 is 2.62 bits per heavy atom. The monoisotopic (exact) mass is 303 g/mol. The van der Waals surface area contributed by atoms with E-state index in [1.54, 1.807) is 24.3 Å². The zero-order valence-electron chi connectivity index (χ0n) is 11.2. The fraction of sp³-hybridized carbons (Fsp3) is 0.188. The van der Waals surface area contributed by atoms with E-state index in [2.05, 4.69) is 5.32 Å². The standard InChI is InChI=1S/C16H14ClNO3/c17-12-7-5-11(6-8-12)16(19)18-9-13-10-20-14-3-1-2-4-15(14)21-13/h1-8,13H,9-10H2,(H,18,19)/t13-/m1/s1. The van der Waals surface area contributed by atoms with Crippen molar-refractivity contribution in [2.24, 2.45) is 0 Å². The molecule has 4 nitrogen and oxygen atoms in total. The molecule has 0 unspecified atom stereocenters. The molecule has 108 valence electrons. The van der Waals surface area contributed by atoms with Crippen molar-refractivity contribution < 1.29 is 14.3 Å². The summed E-state index contributed by atoms with van der Waals surface area (Å²) in [4.78, 5) is 12.0. The Kier molecular flexibility index (Phi) is 3.97. The van der Waals surface area contributed by atoms with Crippen LogP contribution in [0, 0.1) is 0 Å². The zero-order valence-corrected chi connectivity index (χ0v) is 12.0. The summed E-state index contributed by atoms with van der Waals surface area (Å²) in [6.45, 7) is 0.799. The second kappa shape index (κ2) is 6.06. The minimum Gasteiger partial charge on any atom is -0.486 e. The number of benzene rings is 2. The molecule has 5 heteroatoms. The van der Waals surface area contributed by atoms with Gasteiger partial charge in [-0.25, -0.2) is 0 Å². The number of carbonyl (C=O) groups excluding carboxylic acids is 1. The van der Waals surface area contributed by atoms with E-state index in [-0.39, 0.29) is 12.0 Å². The molecule has 21 heavy (non-hydrogen) atoms. The van der Waals surface area contributed by atoms with Crippen molar-refractivity contribution in [1.29, 1.82) is 0 Å². The van der Waals surface area contributed by atoms with Crippen molar-refractivity contribution in [1.82, 2.24) is 5.32 Å². The van der Waals surface area contributed by atoms with Gasteiger partial charge >= 0.3 is 0 Å². The molecular formula is C16H14ClNO3. The average molecular weight is 304 g/mol. The molecule has 3 rings (SSSR count). The Hall–Kier alpha value is -2.20. The van der Waals surface area contributed by atoms with Gasteiger partial charge in [-0.1, -0.05) is 23.7 Å². The third kappa shape index (κ3) is 3.28. The number of fused-ring (bicyclic) bond motifs is 1. The first kappa shape index (κ1) is 13.8. The number of carbonyl (C=O) groups is 1. The lowest BCUT2D eigenvalue weighted by atomic mass is 10.2. The molecule has 0 fully saturated rings. The number of hydrogen-bond donors (Lipinski definition) is 1. The Labute approximate surface area is 127 Å². The second-order valence-corrected chi connectivity index (χ2v) is 5.15. The summed E-state index contributed by atoms with van der Waals surface area (Å²) in [5.41, 5.74) is 0.566. The molecule has 2 aromatic carbocycles. The molecule has 0 aromatic heterocycles. The fourth-order valence-electron chi connectivity index (χ4n) is 2.07. The van der Waals surface area contributed by atoms with Gasteiger partial charge in [-0.3, -0.25) is 4.79 Å². The number of ether oxygens (including phenoxy) is 2. The predicted octanol–water partition coefficient (Wildman–Crippen LogP) is 2.91. The summed E-state index contributed by atoms with van der Waals surface area (Å²) in [7, 11) is 0. The van der Waals surface area contributed by atoms with Crippen LogP contribution in [0.3, 0.4) is 0 Å². The summed E-state index contributed by atoms with van der Waals surface area (Å²) in [5.74, 6) is 1.28. The minimum absolute atomic E-state index is 0.158. The van der Waals surface area contributed by atoms with Gasteiger partial charge in [0.05, 0.1) is 6.54 Å². The fourth-order valence-corrected chi connectivity index (χ4v) is 2.20. The molecule has 0 aliphatic carbocycles. The number of halogens is 1. The van der Waals surface area contributed by atoms with E-state index in [1.807, 2.05) is 24.3 Å². The zero-order chi connectivity index (χ0) is 14.7. The Bertz CT molecular complexity index is 642. The van der Waals surface area contributed by atoms with Crippen molar-refractivity contribution in [2.45, 2.75) is 6.10 Å². The van der Waals surface area contributed by atoms with Crippen LogP contribution < -0.4 is 14.8 Å².